The molecular weight excluding hydrogens is 314 g/mol. The van der Waals surface area contributed by atoms with Crippen molar-refractivity contribution in [1.82, 2.24) is 4.90 Å². The molecule has 0 N–H and O–H groups in total. The number of carbonyl (C=O) groups is 1. The van der Waals surface area contributed by atoms with Gasteiger partial charge in [-0.15, -0.1) is 0 Å². The Morgan fingerprint density at radius 3 is 2.40 bits per heavy atom. The average Bonchev–Trinajstić information content (AvgIpc) is 2.60. The molecule has 4 nitrogen and oxygen atoms in total. The summed E-state index contributed by atoms with van der Waals surface area (Å²) in [7, 11) is 3.21. The molecule has 0 saturated carbocycles. The molecule has 0 unspecified atom stereocenters. The van der Waals surface area contributed by atoms with Crippen molar-refractivity contribution >= 4 is 5.91 Å². The molecule has 0 fully saturated rings. The highest BCUT2D eigenvalue weighted by Crippen LogP contribution is 2.32. The van der Waals surface area contributed by atoms with Gasteiger partial charge in [0.25, 0.3) is 0 Å². The lowest BCUT2D eigenvalue weighted by atomic mass is 9.85. The summed E-state index contributed by atoms with van der Waals surface area (Å²) in [5.74, 6) is 1.45. The summed E-state index contributed by atoms with van der Waals surface area (Å²) in [5, 5.41) is 0. The summed E-state index contributed by atoms with van der Waals surface area (Å²) < 4.78 is 10.6. The van der Waals surface area contributed by atoms with Crippen LogP contribution < -0.4 is 9.47 Å². The van der Waals surface area contributed by atoms with Gasteiger partial charge in [-0.25, -0.2) is 0 Å². The van der Waals surface area contributed by atoms with E-state index in [0.717, 1.165) is 12.0 Å². The topological polar surface area (TPSA) is 38.8 Å². The van der Waals surface area contributed by atoms with E-state index in [0.29, 0.717) is 24.5 Å². The Labute approximate surface area is 149 Å². The normalized spacial score (nSPS) is 15.4. The fourth-order valence-electron chi connectivity index (χ4n) is 3.52. The van der Waals surface area contributed by atoms with E-state index >= 15 is 0 Å². The lowest BCUT2D eigenvalue weighted by molar-refractivity contribution is -0.137. The number of nitrogens with zero attached hydrogens (tertiary/aromatic N) is 1. The first-order valence-corrected chi connectivity index (χ1v) is 8.53. The van der Waals surface area contributed by atoms with Crippen LogP contribution in [-0.4, -0.2) is 30.6 Å². The van der Waals surface area contributed by atoms with E-state index < -0.39 is 0 Å². The quantitative estimate of drug-likeness (QED) is 0.854. The lowest BCUT2D eigenvalue weighted by Crippen LogP contribution is -2.51. The van der Waals surface area contributed by atoms with Crippen molar-refractivity contribution in [2.75, 3.05) is 14.2 Å². The highest BCUT2D eigenvalue weighted by molar-refractivity contribution is 5.80. The third-order valence-electron chi connectivity index (χ3n) is 4.90. The van der Waals surface area contributed by atoms with Crippen LogP contribution in [0.4, 0.5) is 0 Å². The first kappa shape index (κ1) is 17.3. The van der Waals surface area contributed by atoms with E-state index in [1.165, 1.54) is 11.1 Å². The number of ether oxygens (including phenoxy) is 2. The Morgan fingerprint density at radius 1 is 1.04 bits per heavy atom. The van der Waals surface area contributed by atoms with E-state index in [-0.39, 0.29) is 11.4 Å². The fourth-order valence-corrected chi connectivity index (χ4v) is 3.52. The monoisotopic (exact) mass is 339 g/mol. The van der Waals surface area contributed by atoms with Crippen molar-refractivity contribution in [3.05, 3.63) is 59.2 Å². The Hall–Kier alpha value is -2.49. The Bertz CT molecular complexity index is 782. The number of hydrogen-bond acceptors (Lipinski definition) is 3. The number of fused-ring (bicyclic) bond motifs is 1. The second-order valence-corrected chi connectivity index (χ2v) is 7.10. The van der Waals surface area contributed by atoms with Crippen LogP contribution in [0.3, 0.4) is 0 Å². The van der Waals surface area contributed by atoms with Gasteiger partial charge < -0.3 is 14.4 Å². The van der Waals surface area contributed by atoms with Gasteiger partial charge in [-0.05, 0) is 49.1 Å². The van der Waals surface area contributed by atoms with Crippen LogP contribution in [-0.2, 0) is 24.2 Å². The molecule has 0 aromatic heterocycles. The third kappa shape index (κ3) is 3.48. The number of methoxy groups -OCH3 is 2. The van der Waals surface area contributed by atoms with Crippen molar-refractivity contribution < 1.29 is 14.3 Å². The molecule has 1 amide bonds. The molecule has 0 aliphatic carbocycles. The van der Waals surface area contributed by atoms with Crippen LogP contribution in [0, 0.1) is 0 Å². The Kier molecular flexibility index (Phi) is 4.71. The minimum absolute atomic E-state index is 0.131. The minimum Gasteiger partial charge on any atom is -0.493 e. The highest BCUT2D eigenvalue weighted by Gasteiger charge is 2.35. The smallest absolute Gasteiger partial charge is 0.227 e. The summed E-state index contributed by atoms with van der Waals surface area (Å²) in [5.41, 5.74) is 3.31. The van der Waals surface area contributed by atoms with Crippen LogP contribution in [0.2, 0.25) is 0 Å². The zero-order valence-electron chi connectivity index (χ0n) is 15.3. The van der Waals surface area contributed by atoms with E-state index in [1.807, 2.05) is 29.2 Å². The average molecular weight is 339 g/mol. The molecular formula is C21H25NO3. The third-order valence-corrected chi connectivity index (χ3v) is 4.90. The minimum atomic E-state index is -0.192. The molecule has 0 saturated heterocycles. The van der Waals surface area contributed by atoms with Crippen molar-refractivity contribution in [3.8, 4) is 11.5 Å². The second kappa shape index (κ2) is 6.79. The predicted molar refractivity (Wildman–Crippen MR) is 98.0 cm³/mol. The SMILES string of the molecule is COc1ccc(CC(=O)N2Cc3ccccc3CC2(C)C)cc1OC. The molecule has 4 heteroatoms. The van der Waals surface area contributed by atoms with Crippen LogP contribution in [0.1, 0.15) is 30.5 Å². The van der Waals surface area contributed by atoms with Crippen LogP contribution in [0.15, 0.2) is 42.5 Å². The maximum absolute atomic E-state index is 13.0. The van der Waals surface area contributed by atoms with Crippen LogP contribution in [0.25, 0.3) is 0 Å². The first-order valence-electron chi connectivity index (χ1n) is 8.53. The van der Waals surface area contributed by atoms with Gasteiger partial charge in [0.1, 0.15) is 0 Å². The molecule has 1 aliphatic heterocycles. The largest absolute Gasteiger partial charge is 0.493 e. The molecule has 3 rings (SSSR count). The standard InChI is InChI=1S/C21H25NO3/c1-21(2)13-16-7-5-6-8-17(16)14-22(21)20(23)12-15-9-10-18(24-3)19(11-15)25-4/h5-11H,12-14H2,1-4H3. The zero-order valence-corrected chi connectivity index (χ0v) is 15.3. The molecule has 1 aliphatic rings. The summed E-state index contributed by atoms with van der Waals surface area (Å²) >= 11 is 0. The Balaban J connectivity index is 1.81. The van der Waals surface area contributed by atoms with Gasteiger partial charge in [-0.2, -0.15) is 0 Å². The van der Waals surface area contributed by atoms with Crippen LogP contribution in [0.5, 0.6) is 11.5 Å². The fraction of sp³-hybridized carbons (Fsp3) is 0.381. The molecule has 132 valence electrons. The molecule has 0 spiro atoms. The number of carbonyl (C=O) groups excluding carboxylic acids is 1. The molecule has 2 aromatic rings. The second-order valence-electron chi connectivity index (χ2n) is 7.10. The molecule has 25 heavy (non-hydrogen) atoms. The highest BCUT2D eigenvalue weighted by atomic mass is 16.5. The Morgan fingerprint density at radius 2 is 1.72 bits per heavy atom. The number of rotatable bonds is 4. The number of hydrogen-bond donors (Lipinski definition) is 0. The maximum Gasteiger partial charge on any atom is 0.227 e. The van der Waals surface area contributed by atoms with Crippen molar-refractivity contribution in [2.45, 2.75) is 38.8 Å². The van der Waals surface area contributed by atoms with Gasteiger partial charge in [-0.1, -0.05) is 30.3 Å². The maximum atomic E-state index is 13.0. The summed E-state index contributed by atoms with van der Waals surface area (Å²) in [6.07, 6.45) is 1.23. The van der Waals surface area contributed by atoms with Gasteiger partial charge in [0.05, 0.1) is 20.6 Å². The predicted octanol–water partition coefficient (Wildman–Crippen LogP) is 3.61. The van der Waals surface area contributed by atoms with Gasteiger partial charge >= 0.3 is 0 Å². The molecule has 1 heterocycles. The summed E-state index contributed by atoms with van der Waals surface area (Å²) in [6.45, 7) is 4.93. The summed E-state index contributed by atoms with van der Waals surface area (Å²) in [6, 6.07) is 14.0. The lowest BCUT2D eigenvalue weighted by Gasteiger charge is -2.43. The number of amides is 1. The van der Waals surface area contributed by atoms with Crippen molar-refractivity contribution in [2.24, 2.45) is 0 Å². The van der Waals surface area contributed by atoms with E-state index in [9.17, 15) is 4.79 Å². The van der Waals surface area contributed by atoms with Gasteiger partial charge in [0.2, 0.25) is 5.91 Å². The molecule has 2 aromatic carbocycles. The first-order chi connectivity index (χ1) is 11.9. The van der Waals surface area contributed by atoms with E-state index in [4.69, 9.17) is 9.47 Å². The molecule has 0 atom stereocenters. The number of benzene rings is 2. The van der Waals surface area contributed by atoms with E-state index in [1.54, 1.807) is 14.2 Å². The van der Waals surface area contributed by atoms with Gasteiger partial charge in [0, 0.05) is 12.1 Å². The van der Waals surface area contributed by atoms with E-state index in [2.05, 4.69) is 32.0 Å². The molecule has 0 bridgehead atoms. The van der Waals surface area contributed by atoms with Gasteiger partial charge in [0.15, 0.2) is 11.5 Å². The van der Waals surface area contributed by atoms with Crippen molar-refractivity contribution in [1.29, 1.82) is 0 Å². The van der Waals surface area contributed by atoms with Crippen LogP contribution >= 0.6 is 0 Å². The molecule has 0 radical (unpaired) electrons. The zero-order chi connectivity index (χ0) is 18.0. The van der Waals surface area contributed by atoms with Gasteiger partial charge in [-0.3, -0.25) is 4.79 Å². The summed E-state index contributed by atoms with van der Waals surface area (Å²) in [4.78, 5) is 15.0. The van der Waals surface area contributed by atoms with Crippen molar-refractivity contribution in [3.63, 3.8) is 0 Å².